The smallest absolute Gasteiger partial charge is 0.348 e. The predicted octanol–water partition coefficient (Wildman–Crippen LogP) is 5.83. The second-order valence-electron chi connectivity index (χ2n) is 7.44. The molecule has 0 fully saturated rings. The number of nitrogens with one attached hydrogen (secondary N) is 1. The molecular formula is C25H21NO7S2. The minimum Gasteiger partial charge on any atom is -0.490 e. The van der Waals surface area contributed by atoms with Crippen molar-refractivity contribution >= 4 is 57.6 Å². The fourth-order valence-corrected chi connectivity index (χ4v) is 4.92. The molecule has 1 amide bonds. The number of carbonyl (C=O) groups excluding carboxylic acids is 1. The van der Waals surface area contributed by atoms with Gasteiger partial charge in [-0.05, 0) is 36.8 Å². The highest BCUT2D eigenvalue weighted by molar-refractivity contribution is 8.00. The first-order chi connectivity index (χ1) is 16.9. The number of carboxylic acid groups (broad SMARTS) is 2. The van der Waals surface area contributed by atoms with Crippen LogP contribution >= 0.6 is 23.1 Å². The molecule has 35 heavy (non-hydrogen) atoms. The van der Waals surface area contributed by atoms with Gasteiger partial charge in [0.1, 0.15) is 10.6 Å². The van der Waals surface area contributed by atoms with Gasteiger partial charge in [-0.1, -0.05) is 30.3 Å². The Morgan fingerprint density at radius 1 is 1.03 bits per heavy atom. The van der Waals surface area contributed by atoms with Crippen molar-refractivity contribution in [3.8, 4) is 16.4 Å². The number of fused-ring (bicyclic) bond motifs is 1. The zero-order valence-electron chi connectivity index (χ0n) is 18.4. The number of furan rings is 1. The zero-order chi connectivity index (χ0) is 24.8. The first kappa shape index (κ1) is 24.4. The summed E-state index contributed by atoms with van der Waals surface area (Å²) in [4.78, 5) is 36.4. The van der Waals surface area contributed by atoms with Gasteiger partial charge >= 0.3 is 11.9 Å². The number of rotatable bonds is 11. The number of amides is 1. The van der Waals surface area contributed by atoms with E-state index in [2.05, 4.69) is 5.32 Å². The Bertz CT molecular complexity index is 1360. The summed E-state index contributed by atoms with van der Waals surface area (Å²) in [5.41, 5.74) is 0.690. The van der Waals surface area contributed by atoms with Crippen molar-refractivity contribution < 1.29 is 33.8 Å². The van der Waals surface area contributed by atoms with Crippen LogP contribution in [0.3, 0.4) is 0 Å². The van der Waals surface area contributed by atoms with Crippen LogP contribution in [0.5, 0.6) is 5.75 Å². The molecule has 2 heterocycles. The van der Waals surface area contributed by atoms with Crippen molar-refractivity contribution in [2.45, 2.75) is 17.7 Å². The molecule has 8 nitrogen and oxygen atoms in total. The summed E-state index contributed by atoms with van der Waals surface area (Å²) in [6.45, 7) is 0.223. The highest BCUT2D eigenvalue weighted by atomic mass is 32.2. The molecule has 0 bridgehead atoms. The SMILES string of the molecule is O=C(O)CCCOc1cccc2cc(-c3cc(NC(=O)CSc4ccccc4)c(C(=O)O)s3)oc12. The molecule has 0 aliphatic heterocycles. The highest BCUT2D eigenvalue weighted by Crippen LogP contribution is 2.39. The number of aliphatic carboxylic acids is 1. The highest BCUT2D eigenvalue weighted by Gasteiger charge is 2.21. The van der Waals surface area contributed by atoms with Gasteiger partial charge in [0.15, 0.2) is 11.3 Å². The number of anilines is 1. The predicted molar refractivity (Wildman–Crippen MR) is 135 cm³/mol. The number of hydrogen-bond donors (Lipinski definition) is 3. The van der Waals surface area contributed by atoms with E-state index in [1.165, 1.54) is 11.8 Å². The number of hydrogen-bond acceptors (Lipinski definition) is 7. The van der Waals surface area contributed by atoms with Crippen LogP contribution in [0.1, 0.15) is 22.5 Å². The van der Waals surface area contributed by atoms with Gasteiger partial charge in [0.05, 0.1) is 22.9 Å². The number of para-hydroxylation sites is 1. The molecule has 0 atom stereocenters. The number of thioether (sulfide) groups is 1. The largest absolute Gasteiger partial charge is 0.490 e. The maximum atomic E-state index is 12.5. The Hall–Kier alpha value is -3.76. The van der Waals surface area contributed by atoms with Crippen LogP contribution in [0.25, 0.3) is 21.6 Å². The third-order valence-corrected chi connectivity index (χ3v) is 7.01. The molecule has 4 rings (SSSR count). The van der Waals surface area contributed by atoms with Gasteiger partial charge in [-0.3, -0.25) is 9.59 Å². The molecule has 0 aliphatic carbocycles. The summed E-state index contributed by atoms with van der Waals surface area (Å²) in [7, 11) is 0. The van der Waals surface area contributed by atoms with E-state index in [4.69, 9.17) is 14.3 Å². The maximum absolute atomic E-state index is 12.5. The van der Waals surface area contributed by atoms with Gasteiger partial charge < -0.3 is 24.7 Å². The van der Waals surface area contributed by atoms with E-state index in [1.54, 1.807) is 24.3 Å². The topological polar surface area (TPSA) is 126 Å². The quantitative estimate of drug-likeness (QED) is 0.169. The lowest BCUT2D eigenvalue weighted by molar-refractivity contribution is -0.137. The van der Waals surface area contributed by atoms with E-state index in [0.717, 1.165) is 21.6 Å². The minimum absolute atomic E-state index is 0.00339. The molecule has 10 heteroatoms. The standard InChI is InChI=1S/C25H21NO7S2/c27-21(14-34-16-7-2-1-3-8-16)26-17-13-20(35-24(17)25(30)31)19-12-15-6-4-9-18(23(15)33-19)32-11-5-10-22(28)29/h1-4,6-9,12-13H,5,10-11,14H2,(H,26,27)(H,28,29)(H,30,31). The van der Waals surface area contributed by atoms with Crippen LogP contribution in [0.4, 0.5) is 5.69 Å². The molecule has 2 aromatic heterocycles. The first-order valence-electron chi connectivity index (χ1n) is 10.6. The van der Waals surface area contributed by atoms with Gasteiger partial charge in [-0.25, -0.2) is 4.79 Å². The van der Waals surface area contributed by atoms with Crippen molar-refractivity contribution in [2.24, 2.45) is 0 Å². The molecule has 0 aliphatic rings. The molecule has 3 N–H and O–H groups in total. The number of ether oxygens (including phenoxy) is 1. The molecule has 0 unspecified atom stereocenters. The van der Waals surface area contributed by atoms with Gasteiger partial charge in [0.25, 0.3) is 0 Å². The van der Waals surface area contributed by atoms with Crippen molar-refractivity contribution in [1.29, 1.82) is 0 Å². The van der Waals surface area contributed by atoms with Crippen LogP contribution in [0, 0.1) is 0 Å². The molecular weight excluding hydrogens is 490 g/mol. The van der Waals surface area contributed by atoms with Crippen molar-refractivity contribution in [3.05, 3.63) is 65.5 Å². The van der Waals surface area contributed by atoms with E-state index >= 15 is 0 Å². The first-order valence-corrected chi connectivity index (χ1v) is 12.4. The summed E-state index contributed by atoms with van der Waals surface area (Å²) in [6.07, 6.45) is 0.364. The summed E-state index contributed by atoms with van der Waals surface area (Å²) in [5, 5.41) is 21.9. The number of benzene rings is 2. The van der Waals surface area contributed by atoms with Crippen molar-refractivity contribution in [3.63, 3.8) is 0 Å². The second kappa shape index (κ2) is 11.1. The van der Waals surface area contributed by atoms with Crippen LogP contribution in [-0.4, -0.2) is 40.4 Å². The monoisotopic (exact) mass is 511 g/mol. The van der Waals surface area contributed by atoms with Crippen LogP contribution in [0.2, 0.25) is 0 Å². The lowest BCUT2D eigenvalue weighted by Gasteiger charge is -2.05. The summed E-state index contributed by atoms with van der Waals surface area (Å²) < 4.78 is 11.7. The van der Waals surface area contributed by atoms with Crippen molar-refractivity contribution in [1.82, 2.24) is 0 Å². The van der Waals surface area contributed by atoms with E-state index < -0.39 is 11.9 Å². The number of carbonyl (C=O) groups is 3. The van der Waals surface area contributed by atoms with Crippen molar-refractivity contribution in [2.75, 3.05) is 17.7 Å². The molecule has 2 aromatic carbocycles. The lowest BCUT2D eigenvalue weighted by atomic mass is 10.2. The zero-order valence-corrected chi connectivity index (χ0v) is 20.0. The van der Waals surface area contributed by atoms with Crippen LogP contribution < -0.4 is 10.1 Å². The summed E-state index contributed by atoms with van der Waals surface area (Å²) >= 11 is 2.36. The van der Waals surface area contributed by atoms with Gasteiger partial charge in [0.2, 0.25) is 5.91 Å². The van der Waals surface area contributed by atoms with E-state index in [-0.39, 0.29) is 35.3 Å². The number of carboxylic acids is 2. The number of thiophene rings is 1. The van der Waals surface area contributed by atoms with Crippen LogP contribution in [-0.2, 0) is 9.59 Å². The Morgan fingerprint density at radius 2 is 1.83 bits per heavy atom. The normalized spacial score (nSPS) is 10.9. The Balaban J connectivity index is 1.51. The summed E-state index contributed by atoms with van der Waals surface area (Å²) in [5.74, 6) is -1.30. The molecule has 0 radical (unpaired) electrons. The summed E-state index contributed by atoms with van der Waals surface area (Å²) in [6, 6.07) is 18.2. The van der Waals surface area contributed by atoms with Gasteiger partial charge in [-0.15, -0.1) is 23.1 Å². The Labute approximate surface area is 208 Å². The fraction of sp³-hybridized carbons (Fsp3) is 0.160. The number of aromatic carboxylic acids is 1. The van der Waals surface area contributed by atoms with Gasteiger partial charge in [-0.2, -0.15) is 0 Å². The van der Waals surface area contributed by atoms with E-state index in [9.17, 15) is 19.5 Å². The molecule has 4 aromatic rings. The third-order valence-electron chi connectivity index (χ3n) is 4.86. The fourth-order valence-electron chi connectivity index (χ4n) is 3.29. The lowest BCUT2D eigenvalue weighted by Crippen LogP contribution is -2.15. The van der Waals surface area contributed by atoms with E-state index in [0.29, 0.717) is 28.4 Å². The average molecular weight is 512 g/mol. The third kappa shape index (κ3) is 6.23. The second-order valence-corrected chi connectivity index (χ2v) is 9.54. The van der Waals surface area contributed by atoms with Crippen LogP contribution in [0.15, 0.2) is 70.0 Å². The van der Waals surface area contributed by atoms with E-state index in [1.807, 2.05) is 36.4 Å². The maximum Gasteiger partial charge on any atom is 0.348 e. The van der Waals surface area contributed by atoms with Gasteiger partial charge in [0, 0.05) is 16.7 Å². The Kier molecular flexibility index (Phi) is 7.74. The molecule has 180 valence electrons. The Morgan fingerprint density at radius 3 is 2.57 bits per heavy atom. The average Bonchev–Trinajstić information content (AvgIpc) is 3.46. The molecule has 0 saturated carbocycles. The molecule has 0 spiro atoms. The molecule has 0 saturated heterocycles. The minimum atomic E-state index is -1.15.